The molecule has 1 saturated carbocycles. The number of fused-ring (bicyclic) bond motifs is 1. The standard InChI is InChI=1S/C30H39N2O7/c1-7-32(20-8-9-22(23(14-20)31-19(5)33)26-24(34)15-25(26)35)12-13-38-29(37)30(6)11-10-21-18(4)27(36)16(2)17(3)28(21)39-30/h8-9,14,20,22,24,26,36H,7,10-13,15H2,1-6H3,(H,31,33)/q-1/p+1. The van der Waals surface area contributed by atoms with E-state index in [4.69, 9.17) is 9.47 Å². The van der Waals surface area contributed by atoms with Crippen LogP contribution in [0.25, 0.3) is 0 Å². The molecule has 0 saturated heterocycles. The molecule has 6 atom stereocenters. The third-order valence-electron chi connectivity index (χ3n) is 8.66. The SMILES string of the molecule is CC[NH+](CCOC(=O)C1(C)CCc2c(C)c(O)c(C)c(C)c2O1)C1C=CC(C2C(=O)CC2[O-])C(NC(C)=O)=C1. The predicted molar refractivity (Wildman–Crippen MR) is 142 cm³/mol. The first-order valence-electron chi connectivity index (χ1n) is 13.8. The number of rotatable bonds is 8. The first-order valence-corrected chi connectivity index (χ1v) is 13.8. The highest BCUT2D eigenvalue weighted by Crippen LogP contribution is 2.43. The first-order chi connectivity index (χ1) is 18.4. The number of aromatic hydroxyl groups is 1. The topological polar surface area (TPSA) is 129 Å². The van der Waals surface area contributed by atoms with Gasteiger partial charge < -0.3 is 29.9 Å². The van der Waals surface area contributed by atoms with E-state index in [0.717, 1.165) is 33.7 Å². The molecule has 0 spiro atoms. The zero-order chi connectivity index (χ0) is 28.6. The van der Waals surface area contributed by atoms with E-state index >= 15 is 0 Å². The van der Waals surface area contributed by atoms with Crippen LogP contribution in [0.1, 0.15) is 55.9 Å². The van der Waals surface area contributed by atoms with E-state index in [1.165, 1.54) is 6.92 Å². The Kier molecular flexibility index (Phi) is 8.23. The Balaban J connectivity index is 1.40. The van der Waals surface area contributed by atoms with Crippen LogP contribution < -0.4 is 20.1 Å². The zero-order valence-corrected chi connectivity index (χ0v) is 23.7. The lowest BCUT2D eigenvalue weighted by atomic mass is 9.69. The highest BCUT2D eigenvalue weighted by molar-refractivity contribution is 5.89. The van der Waals surface area contributed by atoms with E-state index in [0.29, 0.717) is 30.8 Å². The van der Waals surface area contributed by atoms with Crippen molar-refractivity contribution in [1.29, 1.82) is 0 Å². The number of Topliss-reactive ketones (excluding diaryl/α,β-unsaturated/α-hetero) is 1. The number of phenols is 1. The van der Waals surface area contributed by atoms with Crippen LogP contribution in [0.4, 0.5) is 0 Å². The smallest absolute Gasteiger partial charge is 0.350 e. The normalized spacial score (nSPS) is 28.5. The van der Waals surface area contributed by atoms with E-state index in [2.05, 4.69) is 5.32 Å². The van der Waals surface area contributed by atoms with Crippen LogP contribution in [0.2, 0.25) is 0 Å². The lowest BCUT2D eigenvalue weighted by molar-refractivity contribution is -0.910. The predicted octanol–water partition coefficient (Wildman–Crippen LogP) is 0.742. The molecule has 1 aromatic carbocycles. The molecule has 3 aliphatic rings. The average molecular weight is 541 g/mol. The number of carbonyl (C=O) groups is 3. The molecule has 4 rings (SSSR count). The van der Waals surface area contributed by atoms with Crippen molar-refractivity contribution >= 4 is 17.7 Å². The second-order valence-corrected chi connectivity index (χ2v) is 11.2. The number of allylic oxidation sites excluding steroid dienone is 1. The van der Waals surface area contributed by atoms with Gasteiger partial charge in [0.1, 0.15) is 36.5 Å². The third kappa shape index (κ3) is 5.47. The number of nitrogens with one attached hydrogen (secondary N) is 2. The molecular formula is C30H40N2O7. The number of phenolic OH excluding ortho intramolecular Hbond substituents is 1. The molecule has 1 aromatic rings. The van der Waals surface area contributed by atoms with Gasteiger partial charge >= 0.3 is 5.97 Å². The van der Waals surface area contributed by atoms with Gasteiger partial charge in [-0.1, -0.05) is 6.08 Å². The van der Waals surface area contributed by atoms with Crippen LogP contribution in [-0.2, 0) is 25.5 Å². The summed E-state index contributed by atoms with van der Waals surface area (Å²) in [7, 11) is 0. The molecule has 39 heavy (non-hydrogen) atoms. The number of benzene rings is 1. The van der Waals surface area contributed by atoms with Crippen molar-refractivity contribution in [1.82, 2.24) is 5.32 Å². The molecule has 2 aliphatic carbocycles. The molecule has 1 heterocycles. The quantitative estimate of drug-likeness (QED) is 0.328. The van der Waals surface area contributed by atoms with Crippen molar-refractivity contribution in [3.8, 4) is 11.5 Å². The Labute approximate surface area is 229 Å². The Morgan fingerprint density at radius 1 is 1.23 bits per heavy atom. The summed E-state index contributed by atoms with van der Waals surface area (Å²) in [5, 5.41) is 25.4. The number of hydrogen-bond acceptors (Lipinski definition) is 7. The van der Waals surface area contributed by atoms with Crippen LogP contribution in [-0.4, -0.2) is 60.2 Å². The van der Waals surface area contributed by atoms with Gasteiger partial charge in [0, 0.05) is 36.4 Å². The fourth-order valence-electron chi connectivity index (χ4n) is 5.94. The number of quaternary nitrogens is 1. The molecule has 3 N–H and O–H groups in total. The number of esters is 1. The van der Waals surface area contributed by atoms with Crippen molar-refractivity contribution in [2.75, 3.05) is 19.7 Å². The summed E-state index contributed by atoms with van der Waals surface area (Å²) in [6, 6.07) is -0.109. The van der Waals surface area contributed by atoms with Crippen molar-refractivity contribution in [3.05, 3.63) is 46.2 Å². The maximum atomic E-state index is 13.2. The van der Waals surface area contributed by atoms with Gasteiger partial charge in [-0.3, -0.25) is 9.59 Å². The second kappa shape index (κ2) is 11.1. The van der Waals surface area contributed by atoms with Crippen molar-refractivity contribution in [2.24, 2.45) is 11.8 Å². The van der Waals surface area contributed by atoms with Gasteiger partial charge in [0.05, 0.1) is 6.54 Å². The fraction of sp³-hybridized carbons (Fsp3) is 0.567. The molecule has 9 heteroatoms. The van der Waals surface area contributed by atoms with Gasteiger partial charge in [-0.05, 0) is 76.3 Å². The minimum absolute atomic E-state index is 0.0406. The van der Waals surface area contributed by atoms with E-state index in [9.17, 15) is 24.6 Å². The number of carbonyl (C=O) groups excluding carboxylic acids is 3. The molecule has 9 nitrogen and oxygen atoms in total. The zero-order valence-electron chi connectivity index (χ0n) is 23.7. The van der Waals surface area contributed by atoms with Crippen LogP contribution >= 0.6 is 0 Å². The lowest BCUT2D eigenvalue weighted by Gasteiger charge is -2.45. The van der Waals surface area contributed by atoms with Crippen LogP contribution in [0.15, 0.2) is 23.9 Å². The van der Waals surface area contributed by atoms with Gasteiger partial charge in [-0.25, -0.2) is 4.79 Å². The van der Waals surface area contributed by atoms with Gasteiger partial charge in [0.2, 0.25) is 11.5 Å². The monoisotopic (exact) mass is 540 g/mol. The second-order valence-electron chi connectivity index (χ2n) is 11.2. The summed E-state index contributed by atoms with van der Waals surface area (Å²) < 4.78 is 12.0. The molecule has 212 valence electrons. The molecule has 1 fully saturated rings. The Hall–Kier alpha value is -3.17. The number of ether oxygens (including phenoxy) is 2. The number of hydrogen-bond donors (Lipinski definition) is 3. The number of ketones is 1. The summed E-state index contributed by atoms with van der Waals surface area (Å²) in [6.07, 6.45) is 5.89. The third-order valence-corrected chi connectivity index (χ3v) is 8.66. The largest absolute Gasteiger partial charge is 0.851 e. The maximum absolute atomic E-state index is 13.2. The number of likely N-dealkylation sites (N-methyl/N-ethyl adjacent to an activating group) is 1. The minimum Gasteiger partial charge on any atom is -0.851 e. The average Bonchev–Trinajstić information content (AvgIpc) is 2.89. The summed E-state index contributed by atoms with van der Waals surface area (Å²) >= 11 is 0. The number of amides is 1. The van der Waals surface area contributed by atoms with Gasteiger partial charge in [0.15, 0.2) is 0 Å². The fourth-order valence-corrected chi connectivity index (χ4v) is 5.94. The van der Waals surface area contributed by atoms with Crippen molar-refractivity contribution < 1.29 is 39.0 Å². The molecule has 0 bridgehead atoms. The summed E-state index contributed by atoms with van der Waals surface area (Å²) in [6.45, 7) is 12.2. The van der Waals surface area contributed by atoms with Gasteiger partial charge in [0.25, 0.3) is 0 Å². The molecule has 1 amide bonds. The molecule has 0 radical (unpaired) electrons. The highest BCUT2D eigenvalue weighted by atomic mass is 16.6. The summed E-state index contributed by atoms with van der Waals surface area (Å²) in [5.74, 6) is -0.887. The van der Waals surface area contributed by atoms with Crippen molar-refractivity contribution in [2.45, 2.75) is 78.6 Å². The lowest BCUT2D eigenvalue weighted by Crippen LogP contribution is -3.15. The Morgan fingerprint density at radius 2 is 1.95 bits per heavy atom. The van der Waals surface area contributed by atoms with E-state index in [1.54, 1.807) is 6.92 Å². The van der Waals surface area contributed by atoms with E-state index in [1.807, 2.05) is 45.9 Å². The van der Waals surface area contributed by atoms with E-state index in [-0.39, 0.29) is 36.5 Å². The maximum Gasteiger partial charge on any atom is 0.350 e. The molecule has 1 aliphatic heterocycles. The minimum atomic E-state index is -1.12. The van der Waals surface area contributed by atoms with Crippen LogP contribution in [0.5, 0.6) is 11.5 Å². The van der Waals surface area contributed by atoms with E-state index < -0.39 is 29.5 Å². The van der Waals surface area contributed by atoms with Crippen LogP contribution in [0, 0.1) is 32.6 Å². The molecular weight excluding hydrogens is 500 g/mol. The molecule has 0 aromatic heterocycles. The van der Waals surface area contributed by atoms with Crippen LogP contribution in [0.3, 0.4) is 0 Å². The first kappa shape index (κ1) is 28.8. The Morgan fingerprint density at radius 3 is 2.56 bits per heavy atom. The van der Waals surface area contributed by atoms with Crippen molar-refractivity contribution in [3.63, 3.8) is 0 Å². The van der Waals surface area contributed by atoms with Gasteiger partial charge in [-0.2, -0.15) is 0 Å². The van der Waals surface area contributed by atoms with Gasteiger partial charge in [-0.15, -0.1) is 6.10 Å². The summed E-state index contributed by atoms with van der Waals surface area (Å²) in [4.78, 5) is 38.2. The summed E-state index contributed by atoms with van der Waals surface area (Å²) in [5.41, 5.74) is 2.75. The molecule has 6 unspecified atom stereocenters. The highest BCUT2D eigenvalue weighted by Gasteiger charge is 2.43. The Bertz CT molecular complexity index is 1240.